The van der Waals surface area contributed by atoms with Crippen LogP contribution in [0.5, 0.6) is 11.5 Å². The normalized spacial score (nSPS) is 11.3. The third-order valence-corrected chi connectivity index (χ3v) is 2.27. The molecular weight excluding hydrogens is 176 g/mol. The average Bonchev–Trinajstić information content (AvgIpc) is 2.26. The Morgan fingerprint density at radius 3 is 2.29 bits per heavy atom. The summed E-state index contributed by atoms with van der Waals surface area (Å²) < 4.78 is 10.4. The van der Waals surface area contributed by atoms with E-state index in [0.29, 0.717) is 0 Å². The van der Waals surface area contributed by atoms with Gasteiger partial charge in [0.1, 0.15) is 0 Å². The van der Waals surface area contributed by atoms with Gasteiger partial charge in [-0.3, -0.25) is 0 Å². The molecule has 0 saturated carbocycles. The van der Waals surface area contributed by atoms with Crippen molar-refractivity contribution in [3.63, 3.8) is 0 Å². The zero-order valence-corrected chi connectivity index (χ0v) is 9.13. The van der Waals surface area contributed by atoms with Gasteiger partial charge in [0.05, 0.1) is 14.2 Å². The van der Waals surface area contributed by atoms with Gasteiger partial charge in [-0.2, -0.15) is 0 Å². The van der Waals surface area contributed by atoms with Gasteiger partial charge >= 0.3 is 0 Å². The first-order valence-electron chi connectivity index (χ1n) is 4.58. The summed E-state index contributed by atoms with van der Waals surface area (Å²) in [5, 5.41) is 0. The Kier molecular flexibility index (Phi) is 3.57. The summed E-state index contributed by atoms with van der Waals surface area (Å²) in [5.41, 5.74) is 2.39. The predicted molar refractivity (Wildman–Crippen MR) is 58.9 cm³/mol. The first-order valence-corrected chi connectivity index (χ1v) is 4.58. The molecule has 0 saturated heterocycles. The monoisotopic (exact) mass is 192 g/mol. The number of rotatable bonds is 3. The Morgan fingerprint density at radius 2 is 1.79 bits per heavy atom. The van der Waals surface area contributed by atoms with Crippen molar-refractivity contribution >= 4 is 5.57 Å². The molecule has 0 radical (unpaired) electrons. The molecular formula is C12H16O2. The Labute approximate surface area is 85.2 Å². The molecule has 0 aromatic heterocycles. The molecule has 0 N–H and O–H groups in total. The Balaban J connectivity index is 3.14. The zero-order valence-electron chi connectivity index (χ0n) is 9.13. The van der Waals surface area contributed by atoms with Gasteiger partial charge in [-0.15, -0.1) is 0 Å². The van der Waals surface area contributed by atoms with Crippen LogP contribution in [-0.2, 0) is 0 Å². The van der Waals surface area contributed by atoms with Crippen molar-refractivity contribution < 1.29 is 9.47 Å². The van der Waals surface area contributed by atoms with E-state index in [2.05, 4.69) is 13.0 Å². The molecule has 0 unspecified atom stereocenters. The highest BCUT2D eigenvalue weighted by atomic mass is 16.5. The number of hydrogen-bond donors (Lipinski definition) is 0. The van der Waals surface area contributed by atoms with Crippen LogP contribution in [0.2, 0.25) is 0 Å². The van der Waals surface area contributed by atoms with Crippen molar-refractivity contribution in [2.75, 3.05) is 14.2 Å². The van der Waals surface area contributed by atoms with Gasteiger partial charge in [0.2, 0.25) is 0 Å². The highest BCUT2D eigenvalue weighted by Gasteiger charge is 2.04. The number of methoxy groups -OCH3 is 2. The lowest BCUT2D eigenvalue weighted by Gasteiger charge is -2.09. The fourth-order valence-electron chi connectivity index (χ4n) is 1.25. The Bertz CT molecular complexity index is 340. The first-order chi connectivity index (χ1) is 6.72. The number of allylic oxidation sites excluding steroid dienone is 2. The van der Waals surface area contributed by atoms with Crippen LogP contribution in [0.3, 0.4) is 0 Å². The first kappa shape index (κ1) is 10.6. The Morgan fingerprint density at radius 1 is 1.14 bits per heavy atom. The molecule has 1 aromatic carbocycles. The number of hydrogen-bond acceptors (Lipinski definition) is 2. The van der Waals surface area contributed by atoms with Gasteiger partial charge in [0.15, 0.2) is 11.5 Å². The fourth-order valence-corrected chi connectivity index (χ4v) is 1.25. The number of ether oxygens (including phenoxy) is 2. The quantitative estimate of drug-likeness (QED) is 0.732. The molecule has 0 atom stereocenters. The van der Waals surface area contributed by atoms with Crippen LogP contribution in [0.15, 0.2) is 24.3 Å². The topological polar surface area (TPSA) is 18.5 Å². The minimum atomic E-state index is 0.764. The van der Waals surface area contributed by atoms with E-state index >= 15 is 0 Å². The molecule has 0 aliphatic rings. The molecule has 0 fully saturated rings. The summed E-state index contributed by atoms with van der Waals surface area (Å²) in [6.07, 6.45) is 2.07. The molecule has 0 aliphatic heterocycles. The molecule has 0 amide bonds. The van der Waals surface area contributed by atoms with E-state index in [4.69, 9.17) is 9.47 Å². The molecule has 1 rings (SSSR count). The zero-order chi connectivity index (χ0) is 10.6. The summed E-state index contributed by atoms with van der Waals surface area (Å²) in [4.78, 5) is 0. The summed E-state index contributed by atoms with van der Waals surface area (Å²) in [6, 6.07) is 5.92. The van der Waals surface area contributed by atoms with Gasteiger partial charge in [-0.05, 0) is 37.1 Å². The molecule has 0 heterocycles. The van der Waals surface area contributed by atoms with Gasteiger partial charge in [0, 0.05) is 0 Å². The van der Waals surface area contributed by atoms with Crippen molar-refractivity contribution in [3.05, 3.63) is 29.8 Å². The maximum atomic E-state index is 5.22. The SMILES string of the molecule is CC=C(C)c1ccc(OC)c(OC)c1. The van der Waals surface area contributed by atoms with Crippen molar-refractivity contribution in [2.45, 2.75) is 13.8 Å². The van der Waals surface area contributed by atoms with E-state index in [0.717, 1.165) is 17.1 Å². The van der Waals surface area contributed by atoms with Crippen molar-refractivity contribution in [1.82, 2.24) is 0 Å². The second-order valence-corrected chi connectivity index (χ2v) is 3.04. The largest absolute Gasteiger partial charge is 0.493 e. The molecule has 0 aliphatic carbocycles. The van der Waals surface area contributed by atoms with Crippen molar-refractivity contribution in [1.29, 1.82) is 0 Å². The van der Waals surface area contributed by atoms with E-state index in [9.17, 15) is 0 Å². The summed E-state index contributed by atoms with van der Waals surface area (Å²) in [7, 11) is 3.28. The van der Waals surface area contributed by atoms with Crippen LogP contribution in [-0.4, -0.2) is 14.2 Å². The van der Waals surface area contributed by atoms with Crippen LogP contribution in [0.4, 0.5) is 0 Å². The second kappa shape index (κ2) is 4.70. The van der Waals surface area contributed by atoms with Crippen LogP contribution in [0, 0.1) is 0 Å². The smallest absolute Gasteiger partial charge is 0.161 e. The highest BCUT2D eigenvalue weighted by Crippen LogP contribution is 2.29. The van der Waals surface area contributed by atoms with Gasteiger partial charge in [-0.25, -0.2) is 0 Å². The van der Waals surface area contributed by atoms with Gasteiger partial charge < -0.3 is 9.47 Å². The van der Waals surface area contributed by atoms with E-state index in [1.54, 1.807) is 14.2 Å². The lowest BCUT2D eigenvalue weighted by atomic mass is 10.1. The maximum absolute atomic E-state index is 5.22. The maximum Gasteiger partial charge on any atom is 0.161 e. The molecule has 76 valence electrons. The van der Waals surface area contributed by atoms with E-state index in [1.807, 2.05) is 25.1 Å². The third kappa shape index (κ3) is 2.08. The second-order valence-electron chi connectivity index (χ2n) is 3.04. The standard InChI is InChI=1S/C12H16O2/c1-5-9(2)10-6-7-11(13-3)12(8-10)14-4/h5-8H,1-4H3. The lowest BCUT2D eigenvalue weighted by Crippen LogP contribution is -1.91. The van der Waals surface area contributed by atoms with Gasteiger partial charge in [0.25, 0.3) is 0 Å². The van der Waals surface area contributed by atoms with E-state index in [1.165, 1.54) is 5.57 Å². The van der Waals surface area contributed by atoms with Crippen LogP contribution in [0.1, 0.15) is 19.4 Å². The molecule has 1 aromatic rings. The molecule has 14 heavy (non-hydrogen) atoms. The average molecular weight is 192 g/mol. The minimum absolute atomic E-state index is 0.764. The van der Waals surface area contributed by atoms with E-state index < -0.39 is 0 Å². The third-order valence-electron chi connectivity index (χ3n) is 2.27. The fraction of sp³-hybridized carbons (Fsp3) is 0.333. The minimum Gasteiger partial charge on any atom is -0.493 e. The van der Waals surface area contributed by atoms with Crippen LogP contribution >= 0.6 is 0 Å². The van der Waals surface area contributed by atoms with Crippen LogP contribution < -0.4 is 9.47 Å². The molecule has 0 spiro atoms. The predicted octanol–water partition coefficient (Wildman–Crippen LogP) is 3.13. The van der Waals surface area contributed by atoms with Crippen molar-refractivity contribution in [3.8, 4) is 11.5 Å². The van der Waals surface area contributed by atoms with Crippen molar-refractivity contribution in [2.24, 2.45) is 0 Å². The highest BCUT2D eigenvalue weighted by molar-refractivity contribution is 5.66. The molecule has 2 nitrogen and oxygen atoms in total. The molecule has 0 bridgehead atoms. The van der Waals surface area contributed by atoms with Crippen LogP contribution in [0.25, 0.3) is 5.57 Å². The van der Waals surface area contributed by atoms with Gasteiger partial charge in [-0.1, -0.05) is 12.1 Å². The summed E-state index contributed by atoms with van der Waals surface area (Å²) in [5.74, 6) is 1.53. The van der Waals surface area contributed by atoms with E-state index in [-0.39, 0.29) is 0 Å². The number of benzene rings is 1. The molecule has 2 heteroatoms. The summed E-state index contributed by atoms with van der Waals surface area (Å²) >= 11 is 0. The lowest BCUT2D eigenvalue weighted by molar-refractivity contribution is 0.355. The Hall–Kier alpha value is -1.44. The summed E-state index contributed by atoms with van der Waals surface area (Å²) in [6.45, 7) is 4.09.